The van der Waals surface area contributed by atoms with E-state index in [9.17, 15) is 72.7 Å². The smallest absolute Gasteiger partial charge is 0.188 e. The Morgan fingerprint density at radius 3 is 0.819 bits per heavy atom. The molecule has 0 fully saturated rings. The normalized spacial score (nSPS) is 11.2. The van der Waals surface area contributed by atoms with Crippen LogP contribution in [0.2, 0.25) is 15.1 Å². The lowest BCUT2D eigenvalue weighted by Gasteiger charge is -2.01. The lowest BCUT2D eigenvalue weighted by molar-refractivity contribution is 0.103. The van der Waals surface area contributed by atoms with E-state index in [0.717, 1.165) is 79.2 Å². The number of aromatic amines is 6. The number of benzene rings is 12. The van der Waals surface area contributed by atoms with Crippen LogP contribution in [0.25, 0.3) is 104 Å². The second-order valence-electron chi connectivity index (χ2n) is 33.9. The SMILES string of the molecule is Cc1ccc(C(=O)/C=C/c2cc(-c3ccc(C)c(C)c3)n[nH]2)c(F)c1.Cc1ccc(C(=O)/C=C/c2cc(-c3ccc(CO)cc3F)n[nH]2)c(F)c1.Cc1ccc(C(=O)/C=C/c2cc(-c3ccc(Cl)c(Cl)c3)n[nH]2)c(F)c1.Cc1ccc(C(=O)/C=C/c2cc(-c3ccc(Cl)cc3)n[nH]2)c(F)c1.Cc1ccc(C(=O)/C=C/c2cc(-c3ccc(F)c(F)c3)n[nH]2)c(F)c1.Cc1ccc(C(=O)/C=C/c2cc(-c3ccc(F)cc3)n[nH]2)c(F)c1. The molecule has 18 aromatic rings. The number of aliphatic hydroxyl groups is 1. The van der Waals surface area contributed by atoms with Crippen molar-refractivity contribution in [2.24, 2.45) is 0 Å². The molecule has 149 heavy (non-hydrogen) atoms. The summed E-state index contributed by atoms with van der Waals surface area (Å²) in [5.41, 5.74) is 18.8. The average Bonchev–Trinajstić information content (AvgIpc) is 1.71. The van der Waals surface area contributed by atoms with Gasteiger partial charge in [-0.3, -0.25) is 59.4 Å². The van der Waals surface area contributed by atoms with Crippen LogP contribution in [0.4, 0.5) is 43.9 Å². The predicted octanol–water partition coefficient (Wildman–Crippen LogP) is 29.1. The first-order valence-corrected chi connectivity index (χ1v) is 46.6. The van der Waals surface area contributed by atoms with Crippen LogP contribution in [0.15, 0.2) is 303 Å². The first kappa shape index (κ1) is 109. The molecule has 32 heteroatoms. The van der Waals surface area contributed by atoms with Gasteiger partial charge in [0, 0.05) is 38.4 Å². The number of halogens is 13. The third-order valence-corrected chi connectivity index (χ3v) is 23.4. The maximum absolute atomic E-state index is 14.1. The summed E-state index contributed by atoms with van der Waals surface area (Å²) < 4.78 is 136. The van der Waals surface area contributed by atoms with Gasteiger partial charge in [0.25, 0.3) is 0 Å². The molecule has 750 valence electrons. The average molecular weight is 2070 g/mol. The minimum Gasteiger partial charge on any atom is -0.392 e. The van der Waals surface area contributed by atoms with Crippen LogP contribution in [-0.4, -0.2) is 101 Å². The maximum atomic E-state index is 14.1. The summed E-state index contributed by atoms with van der Waals surface area (Å²) in [4.78, 5) is 72.6. The fraction of sp³-hybridized carbons (Fsp3) is 0.0769. The Labute approximate surface area is 863 Å². The number of aliphatic hydroxyl groups excluding tert-OH is 1. The van der Waals surface area contributed by atoms with Crippen molar-refractivity contribution in [2.45, 2.75) is 62.0 Å². The highest BCUT2D eigenvalue weighted by atomic mass is 35.5. The zero-order valence-corrected chi connectivity index (χ0v) is 82.8. The third-order valence-electron chi connectivity index (χ3n) is 22.4. The zero-order valence-electron chi connectivity index (χ0n) is 80.5. The molecule has 0 atom stereocenters. The Kier molecular flexibility index (Phi) is 37.1. The number of hydrogen-bond donors (Lipinski definition) is 7. The molecular weight excluding hydrogens is 1980 g/mol. The highest BCUT2D eigenvalue weighted by molar-refractivity contribution is 6.42. The van der Waals surface area contributed by atoms with Crippen molar-refractivity contribution >= 4 is 106 Å². The summed E-state index contributed by atoms with van der Waals surface area (Å²) in [6, 6.07) is 69.5. The fourth-order valence-electron chi connectivity index (χ4n) is 14.2. The van der Waals surface area contributed by atoms with E-state index in [1.54, 1.807) is 175 Å². The number of carbonyl (C=O) groups excluding carboxylic acids is 6. The van der Waals surface area contributed by atoms with Gasteiger partial charge in [-0.15, -0.1) is 0 Å². The second-order valence-corrected chi connectivity index (χ2v) is 35.1. The van der Waals surface area contributed by atoms with Crippen LogP contribution in [-0.2, 0) is 6.61 Å². The monoisotopic (exact) mass is 2070 g/mol. The molecule has 19 nitrogen and oxygen atoms in total. The van der Waals surface area contributed by atoms with E-state index >= 15 is 0 Å². The lowest BCUT2D eigenvalue weighted by Crippen LogP contribution is -1.98. The number of H-pyrrole nitrogens is 6. The van der Waals surface area contributed by atoms with Gasteiger partial charge in [0.2, 0.25) is 0 Å². The Balaban J connectivity index is 0.000000149. The van der Waals surface area contributed by atoms with Crippen molar-refractivity contribution < 1.29 is 77.8 Å². The number of aromatic nitrogens is 12. The van der Waals surface area contributed by atoms with Gasteiger partial charge in [0.1, 0.15) is 46.5 Å². The van der Waals surface area contributed by atoms with E-state index in [4.69, 9.17) is 39.9 Å². The summed E-state index contributed by atoms with van der Waals surface area (Å²) in [7, 11) is 0. The van der Waals surface area contributed by atoms with Crippen LogP contribution >= 0.6 is 34.8 Å². The van der Waals surface area contributed by atoms with Crippen molar-refractivity contribution in [1.82, 2.24) is 61.2 Å². The number of nitrogens with zero attached hydrogens (tertiary/aromatic N) is 6. The van der Waals surface area contributed by atoms with E-state index in [1.807, 2.05) is 24.3 Å². The number of ketones is 6. The van der Waals surface area contributed by atoms with Gasteiger partial charge >= 0.3 is 0 Å². The minimum absolute atomic E-state index is 0.0165. The number of hydrogen-bond acceptors (Lipinski definition) is 13. The molecule has 0 saturated carbocycles. The van der Waals surface area contributed by atoms with E-state index in [-0.39, 0.29) is 57.2 Å². The van der Waals surface area contributed by atoms with Gasteiger partial charge in [0.15, 0.2) is 46.3 Å². The number of allylic oxidation sites excluding steroid dienone is 6. The van der Waals surface area contributed by atoms with Crippen molar-refractivity contribution in [3.05, 3.63) is 494 Å². The molecule has 0 saturated heterocycles. The summed E-state index contributed by atoms with van der Waals surface area (Å²) >= 11 is 17.8. The number of nitrogens with one attached hydrogen (secondary N) is 6. The van der Waals surface area contributed by atoms with E-state index < -0.39 is 81.3 Å². The Hall–Kier alpha value is -17.5. The molecule has 0 amide bonds. The van der Waals surface area contributed by atoms with Gasteiger partial charge in [-0.2, -0.15) is 30.6 Å². The molecule has 0 aliphatic rings. The van der Waals surface area contributed by atoms with Crippen molar-refractivity contribution in [3.63, 3.8) is 0 Å². The highest BCUT2D eigenvalue weighted by Crippen LogP contribution is 2.32. The van der Waals surface area contributed by atoms with Gasteiger partial charge in [0.05, 0.1) is 118 Å². The van der Waals surface area contributed by atoms with Crippen molar-refractivity contribution in [2.75, 3.05) is 0 Å². The first-order chi connectivity index (χ1) is 71.3. The molecule has 0 unspecified atom stereocenters. The molecule has 7 N–H and O–H groups in total. The molecule has 12 aromatic carbocycles. The topological polar surface area (TPSA) is 295 Å². The van der Waals surface area contributed by atoms with Crippen LogP contribution in [0, 0.1) is 114 Å². The van der Waals surface area contributed by atoms with Crippen molar-refractivity contribution in [1.29, 1.82) is 0 Å². The number of rotatable bonds is 25. The molecule has 6 aromatic heterocycles. The Morgan fingerprint density at radius 1 is 0.248 bits per heavy atom. The standard InChI is InChI=1S/C21H19FN2O.C20H16F2N2O2.C19H13Cl2FN2O.C19H14ClFN2O.C19H13F3N2O.C19H14F2N2O/c1-13-4-8-18(19(22)10-13)21(25)9-7-17-12-20(24-23-17)16-6-5-14(2)15(3)11-16;1-12-2-5-16(17(21)8-12)20(26)7-4-14-10-19(24-23-14)15-6-3-13(11-25)9-18(15)22;1-11-2-5-14(17(22)8-11)19(25)7-4-13-10-18(24-23-13)12-3-6-15(20)16(21)9-12;1-12-2-8-16(17(21)10-12)19(24)9-7-15-11-18(23-22-15)13-3-5-14(20)6-4-13;1-11-2-5-14(16(21)8-11)19(25)7-4-13-10-18(24-23-13)12-3-6-15(20)17(22)9-12;1-12-2-8-16(17(21)10-12)19(24)9-7-15-11-18(23-22-15)13-3-5-14(20)6-4-13/h4-12H,1-3H3,(H,23,24);2-10,25H,11H2,1H3,(H,23,24);2-10H,1H3,(H,23,24);2-11H,1H3,(H,22,23);2-10H,1H3,(H,23,24);2-11H,1H3,(H,22,23)/b9-7+;2*7-4+;9-7+;7-4+;9-7+. The fourth-order valence-corrected chi connectivity index (χ4v) is 14.6. The second kappa shape index (κ2) is 50.8. The molecule has 18 rings (SSSR count). The Morgan fingerprint density at radius 2 is 0.523 bits per heavy atom. The number of aryl methyl sites for hydroxylation is 8. The van der Waals surface area contributed by atoms with Crippen LogP contribution in [0.5, 0.6) is 0 Å². The van der Waals surface area contributed by atoms with E-state index in [2.05, 4.69) is 87.2 Å². The molecular formula is C117H89Cl3F10N12O7. The minimum atomic E-state index is -0.970. The summed E-state index contributed by atoms with van der Waals surface area (Å²) in [5.74, 6) is -8.55. The van der Waals surface area contributed by atoms with Gasteiger partial charge in [-0.25, -0.2) is 43.9 Å². The van der Waals surface area contributed by atoms with Crippen LogP contribution in [0.3, 0.4) is 0 Å². The summed E-state index contributed by atoms with van der Waals surface area (Å²) in [5, 5.41) is 52.0. The van der Waals surface area contributed by atoms with E-state index in [1.165, 1.54) is 169 Å². The van der Waals surface area contributed by atoms with Crippen LogP contribution in [0.1, 0.15) is 146 Å². The molecule has 0 spiro atoms. The predicted molar refractivity (Wildman–Crippen MR) is 561 cm³/mol. The van der Waals surface area contributed by atoms with Crippen molar-refractivity contribution in [3.8, 4) is 67.5 Å². The Bertz CT molecular complexity index is 7660. The van der Waals surface area contributed by atoms with Gasteiger partial charge in [-0.1, -0.05) is 108 Å². The summed E-state index contributed by atoms with van der Waals surface area (Å²) in [6.07, 6.45) is 16.9. The molecule has 0 aliphatic heterocycles. The van der Waals surface area contributed by atoms with E-state index in [0.29, 0.717) is 83.1 Å². The zero-order chi connectivity index (χ0) is 107. The van der Waals surface area contributed by atoms with Crippen LogP contribution < -0.4 is 0 Å². The first-order valence-electron chi connectivity index (χ1n) is 45.5. The largest absolute Gasteiger partial charge is 0.392 e. The third kappa shape index (κ3) is 30.3. The van der Waals surface area contributed by atoms with Gasteiger partial charge in [-0.05, 0) is 372 Å². The number of carbonyl (C=O) groups is 6. The maximum Gasteiger partial charge on any atom is 0.188 e. The van der Waals surface area contributed by atoms with Gasteiger partial charge < -0.3 is 5.11 Å². The quantitative estimate of drug-likeness (QED) is 0.0159. The molecule has 0 radical (unpaired) electrons. The molecule has 0 bridgehead atoms. The highest BCUT2D eigenvalue weighted by Gasteiger charge is 2.20. The summed E-state index contributed by atoms with van der Waals surface area (Å²) in [6.45, 7) is 14.4. The molecule has 0 aliphatic carbocycles. The lowest BCUT2D eigenvalue weighted by atomic mass is 10.0. The molecule has 6 heterocycles.